The Morgan fingerprint density at radius 1 is 1.04 bits per heavy atom. The van der Waals surface area contributed by atoms with Crippen molar-refractivity contribution >= 4 is 12.0 Å². The fourth-order valence-corrected chi connectivity index (χ4v) is 5.26. The quantitative estimate of drug-likeness (QED) is 0.432. The number of carbonyl (C=O) groups is 1. The molecular formula is C19H24FN3O5. The number of halogens is 1. The van der Waals surface area contributed by atoms with Crippen molar-refractivity contribution in [3.8, 4) is 0 Å². The van der Waals surface area contributed by atoms with Gasteiger partial charge in [-0.1, -0.05) is 0 Å². The van der Waals surface area contributed by atoms with Crippen LogP contribution in [-0.2, 0) is 4.79 Å². The minimum absolute atomic E-state index is 0.0762. The molecule has 3 heterocycles. The first-order chi connectivity index (χ1) is 13.4. The summed E-state index contributed by atoms with van der Waals surface area (Å²) in [6, 6.07) is 2.19. The van der Waals surface area contributed by atoms with Gasteiger partial charge in [0.15, 0.2) is 0 Å². The number of piperidine rings is 2. The maximum atomic E-state index is 14.8. The number of aliphatic hydroxyl groups excluding tert-OH is 4. The lowest BCUT2D eigenvalue weighted by molar-refractivity contribution is -0.159. The highest BCUT2D eigenvalue weighted by atomic mass is 19.1. The van der Waals surface area contributed by atoms with Gasteiger partial charge in [-0.25, -0.2) is 9.29 Å². The highest BCUT2D eigenvalue weighted by Crippen LogP contribution is 2.52. The van der Waals surface area contributed by atoms with Gasteiger partial charge >= 0.3 is 0 Å². The Bertz CT molecular complexity index is 798. The van der Waals surface area contributed by atoms with Crippen LogP contribution >= 0.6 is 0 Å². The fourth-order valence-electron chi connectivity index (χ4n) is 5.26. The molecule has 28 heavy (non-hydrogen) atoms. The number of aldehydes is 1. The third-order valence-electron chi connectivity index (χ3n) is 6.88. The standard InChI is InChI=1S/C19H24FN3O5/c20-13-3-8-9(4-15(13)22-5-10-11(6-22)12(10)7-24)19(28)23(18(8)27)14-1-2-16(25)21-17(14)26/h3-4,7,10-12,14,16-19,21,25-28H,1-2,5-6H2. The van der Waals surface area contributed by atoms with Crippen molar-refractivity contribution < 1.29 is 29.6 Å². The number of fused-ring (bicyclic) bond motifs is 2. The predicted molar refractivity (Wildman–Crippen MR) is 95.1 cm³/mol. The average Bonchev–Trinajstić information content (AvgIpc) is 3.02. The summed E-state index contributed by atoms with van der Waals surface area (Å²) < 4.78 is 14.8. The first-order valence-electron chi connectivity index (χ1n) is 9.70. The van der Waals surface area contributed by atoms with Crippen LogP contribution < -0.4 is 10.2 Å². The van der Waals surface area contributed by atoms with Gasteiger partial charge in [0.1, 0.15) is 37.0 Å². The van der Waals surface area contributed by atoms with E-state index in [0.717, 1.165) is 6.29 Å². The van der Waals surface area contributed by atoms with Gasteiger partial charge in [-0.3, -0.25) is 5.32 Å². The SMILES string of the molecule is O=CC1C2CN(c3cc4c(cc3F)C(O)N(C3CCC(O)NC3O)C4O)CC12. The van der Waals surface area contributed by atoms with E-state index in [1.54, 1.807) is 6.07 Å². The Morgan fingerprint density at radius 2 is 1.68 bits per heavy atom. The Kier molecular flexibility index (Phi) is 4.24. The molecule has 3 aliphatic heterocycles. The number of hydrogen-bond acceptors (Lipinski definition) is 8. The fraction of sp³-hybridized carbons (Fsp3) is 0.632. The maximum Gasteiger partial charge on any atom is 0.146 e. The van der Waals surface area contributed by atoms with Crippen molar-refractivity contribution in [1.29, 1.82) is 0 Å². The van der Waals surface area contributed by atoms with Crippen LogP contribution in [0.3, 0.4) is 0 Å². The molecule has 0 amide bonds. The number of hydrogen-bond donors (Lipinski definition) is 5. The second kappa shape index (κ2) is 6.45. The van der Waals surface area contributed by atoms with Gasteiger partial charge in [0.2, 0.25) is 0 Å². The molecule has 5 N–H and O–H groups in total. The molecule has 1 aromatic carbocycles. The van der Waals surface area contributed by atoms with Gasteiger partial charge in [-0.2, -0.15) is 0 Å². The van der Waals surface area contributed by atoms with E-state index in [4.69, 9.17) is 0 Å². The lowest BCUT2D eigenvalue weighted by Gasteiger charge is -2.40. The molecule has 7 unspecified atom stereocenters. The van der Waals surface area contributed by atoms with Crippen LogP contribution in [0.2, 0.25) is 0 Å². The highest BCUT2D eigenvalue weighted by Gasteiger charge is 2.56. The minimum atomic E-state index is -1.25. The predicted octanol–water partition coefficient (Wildman–Crippen LogP) is -0.607. The smallest absolute Gasteiger partial charge is 0.146 e. The van der Waals surface area contributed by atoms with E-state index in [1.165, 1.54) is 11.0 Å². The van der Waals surface area contributed by atoms with E-state index in [-0.39, 0.29) is 23.3 Å². The van der Waals surface area contributed by atoms with E-state index in [9.17, 15) is 29.6 Å². The molecule has 0 bridgehead atoms. The molecule has 8 nitrogen and oxygen atoms in total. The number of nitrogens with zero attached hydrogens (tertiary/aromatic N) is 2. The minimum Gasteiger partial charge on any atom is -0.379 e. The number of carbonyl (C=O) groups excluding carboxylic acids is 1. The van der Waals surface area contributed by atoms with Crippen molar-refractivity contribution in [2.45, 2.75) is 43.8 Å². The summed E-state index contributed by atoms with van der Waals surface area (Å²) >= 11 is 0. The Morgan fingerprint density at radius 3 is 2.29 bits per heavy atom. The number of benzene rings is 1. The third-order valence-corrected chi connectivity index (χ3v) is 6.88. The number of rotatable bonds is 3. The zero-order chi connectivity index (χ0) is 19.7. The second-order valence-corrected chi connectivity index (χ2v) is 8.35. The maximum absolute atomic E-state index is 14.8. The van der Waals surface area contributed by atoms with Crippen LogP contribution in [-0.4, -0.2) is 63.2 Å². The second-order valence-electron chi connectivity index (χ2n) is 8.35. The van der Waals surface area contributed by atoms with E-state index in [0.29, 0.717) is 37.2 Å². The van der Waals surface area contributed by atoms with Crippen LogP contribution in [0, 0.1) is 23.6 Å². The van der Waals surface area contributed by atoms with Crippen molar-refractivity contribution in [2.24, 2.45) is 17.8 Å². The molecule has 1 saturated carbocycles. The molecule has 0 radical (unpaired) electrons. The summed E-state index contributed by atoms with van der Waals surface area (Å²) in [5.74, 6) is 0.139. The average molecular weight is 393 g/mol. The van der Waals surface area contributed by atoms with Gasteiger partial charge in [-0.15, -0.1) is 0 Å². The van der Waals surface area contributed by atoms with Gasteiger partial charge in [0.25, 0.3) is 0 Å². The number of anilines is 1. The van der Waals surface area contributed by atoms with Crippen molar-refractivity contribution in [1.82, 2.24) is 10.2 Å². The number of aliphatic hydroxyl groups is 4. The molecule has 4 aliphatic rings. The lowest BCUT2D eigenvalue weighted by Crippen LogP contribution is -2.57. The van der Waals surface area contributed by atoms with Gasteiger partial charge in [-0.05, 0) is 36.8 Å². The first kappa shape index (κ1) is 18.4. The molecule has 1 aliphatic carbocycles. The molecule has 7 atom stereocenters. The van der Waals surface area contributed by atoms with Crippen LogP contribution in [0.5, 0.6) is 0 Å². The van der Waals surface area contributed by atoms with Crippen molar-refractivity contribution in [2.75, 3.05) is 18.0 Å². The summed E-state index contributed by atoms with van der Waals surface area (Å²) in [6.07, 6.45) is -2.71. The summed E-state index contributed by atoms with van der Waals surface area (Å²) in [4.78, 5) is 14.2. The van der Waals surface area contributed by atoms with Gasteiger partial charge in [0.05, 0.1) is 11.7 Å². The van der Waals surface area contributed by atoms with E-state index in [1.807, 2.05) is 4.90 Å². The van der Waals surface area contributed by atoms with Crippen LogP contribution in [0.15, 0.2) is 12.1 Å². The molecule has 0 spiro atoms. The normalized spacial score (nSPS) is 42.4. The lowest BCUT2D eigenvalue weighted by atomic mass is 10.0. The highest BCUT2D eigenvalue weighted by molar-refractivity contribution is 5.64. The Labute approximate surface area is 161 Å². The van der Waals surface area contributed by atoms with Crippen LogP contribution in [0.1, 0.15) is 36.4 Å². The first-order valence-corrected chi connectivity index (χ1v) is 9.70. The van der Waals surface area contributed by atoms with E-state index in [2.05, 4.69) is 5.32 Å². The summed E-state index contributed by atoms with van der Waals surface area (Å²) in [5, 5.41) is 44.0. The van der Waals surface area contributed by atoms with Gasteiger partial charge < -0.3 is 30.1 Å². The van der Waals surface area contributed by atoms with E-state index >= 15 is 0 Å². The molecule has 5 rings (SSSR count). The van der Waals surface area contributed by atoms with Crippen molar-refractivity contribution in [3.63, 3.8) is 0 Å². The Hall–Kier alpha value is -1.62. The monoisotopic (exact) mass is 393 g/mol. The molecule has 152 valence electrons. The summed E-state index contributed by atoms with van der Waals surface area (Å²) in [7, 11) is 0. The topological polar surface area (TPSA) is 117 Å². The summed E-state index contributed by atoms with van der Waals surface area (Å²) in [5.41, 5.74) is 1.05. The van der Waals surface area contributed by atoms with Gasteiger partial charge in [0, 0.05) is 30.1 Å². The molecule has 2 saturated heterocycles. The molecule has 1 aromatic rings. The molecule has 0 aromatic heterocycles. The summed E-state index contributed by atoms with van der Waals surface area (Å²) in [6.45, 7) is 1.21. The zero-order valence-corrected chi connectivity index (χ0v) is 15.1. The number of nitrogens with one attached hydrogen (secondary N) is 1. The largest absolute Gasteiger partial charge is 0.379 e. The molecule has 9 heteroatoms. The third kappa shape index (κ3) is 2.62. The van der Waals surface area contributed by atoms with Crippen LogP contribution in [0.4, 0.5) is 10.1 Å². The Balaban J connectivity index is 1.41. The van der Waals surface area contributed by atoms with Crippen molar-refractivity contribution in [3.05, 3.63) is 29.1 Å². The van der Waals surface area contributed by atoms with E-state index < -0.39 is 36.8 Å². The zero-order valence-electron chi connectivity index (χ0n) is 15.1. The molecular weight excluding hydrogens is 369 g/mol. The van der Waals surface area contributed by atoms with Crippen LogP contribution in [0.25, 0.3) is 0 Å². The molecule has 3 fully saturated rings.